The molecule has 0 radical (unpaired) electrons. The van der Waals surface area contributed by atoms with Gasteiger partial charge >= 0.3 is 0 Å². The maximum Gasteiger partial charge on any atom is 0.0405 e. The summed E-state index contributed by atoms with van der Waals surface area (Å²) in [7, 11) is 0. The van der Waals surface area contributed by atoms with Gasteiger partial charge in [0.15, 0.2) is 0 Å². The molecule has 2 aromatic carbocycles. The van der Waals surface area contributed by atoms with Crippen LogP contribution in [0.3, 0.4) is 0 Å². The standard InChI is InChI=1S/C17H19N/c1-2-13-9-6-10-15-11-16(12-18-17(13)15)14-7-4-3-5-8-14/h3-10,16,18H,2,11-12H2,1H3. The number of anilines is 1. The molecule has 0 amide bonds. The molecular weight excluding hydrogens is 218 g/mol. The molecule has 1 N–H and O–H groups in total. The smallest absolute Gasteiger partial charge is 0.0405 e. The zero-order valence-electron chi connectivity index (χ0n) is 10.8. The van der Waals surface area contributed by atoms with E-state index < -0.39 is 0 Å². The quantitative estimate of drug-likeness (QED) is 0.832. The summed E-state index contributed by atoms with van der Waals surface area (Å²) in [6, 6.07) is 17.5. The molecule has 2 aromatic rings. The monoisotopic (exact) mass is 237 g/mol. The second kappa shape index (κ2) is 4.85. The Morgan fingerprint density at radius 3 is 2.67 bits per heavy atom. The lowest BCUT2D eigenvalue weighted by molar-refractivity contribution is 0.693. The highest BCUT2D eigenvalue weighted by molar-refractivity contribution is 5.60. The largest absolute Gasteiger partial charge is 0.384 e. The first-order chi connectivity index (χ1) is 8.88. The van der Waals surface area contributed by atoms with E-state index in [-0.39, 0.29) is 0 Å². The molecule has 0 saturated carbocycles. The van der Waals surface area contributed by atoms with Crippen LogP contribution in [0.2, 0.25) is 0 Å². The van der Waals surface area contributed by atoms with Crippen molar-refractivity contribution in [2.45, 2.75) is 25.7 Å². The molecular formula is C17H19N. The Morgan fingerprint density at radius 2 is 1.89 bits per heavy atom. The first-order valence-corrected chi connectivity index (χ1v) is 6.78. The van der Waals surface area contributed by atoms with Gasteiger partial charge in [0.1, 0.15) is 0 Å². The lowest BCUT2D eigenvalue weighted by Gasteiger charge is -2.28. The molecule has 1 nitrogen and oxygen atoms in total. The normalized spacial score (nSPS) is 17.9. The Labute approximate surface area is 109 Å². The summed E-state index contributed by atoms with van der Waals surface area (Å²) in [5.41, 5.74) is 5.73. The third-order valence-electron chi connectivity index (χ3n) is 3.88. The van der Waals surface area contributed by atoms with E-state index in [4.69, 9.17) is 0 Å². The summed E-state index contributed by atoms with van der Waals surface area (Å²) in [6.07, 6.45) is 2.26. The molecule has 0 spiro atoms. The zero-order chi connectivity index (χ0) is 12.4. The molecule has 92 valence electrons. The van der Waals surface area contributed by atoms with Crippen molar-refractivity contribution in [2.24, 2.45) is 0 Å². The first kappa shape index (κ1) is 11.3. The topological polar surface area (TPSA) is 12.0 Å². The van der Waals surface area contributed by atoms with Gasteiger partial charge in [-0.2, -0.15) is 0 Å². The molecule has 1 aliphatic rings. The third kappa shape index (κ3) is 2.01. The van der Waals surface area contributed by atoms with E-state index in [1.165, 1.54) is 22.4 Å². The Hall–Kier alpha value is -1.76. The summed E-state index contributed by atoms with van der Waals surface area (Å²) in [5.74, 6) is 0.603. The number of benzene rings is 2. The van der Waals surface area contributed by atoms with Gasteiger partial charge in [-0.25, -0.2) is 0 Å². The molecule has 0 fully saturated rings. The molecule has 0 bridgehead atoms. The highest BCUT2D eigenvalue weighted by Gasteiger charge is 2.20. The van der Waals surface area contributed by atoms with Crippen LogP contribution in [0, 0.1) is 0 Å². The van der Waals surface area contributed by atoms with Crippen LogP contribution in [0.4, 0.5) is 5.69 Å². The fourth-order valence-electron chi connectivity index (χ4n) is 2.87. The third-order valence-corrected chi connectivity index (χ3v) is 3.88. The Balaban J connectivity index is 1.90. The summed E-state index contributed by atoms with van der Waals surface area (Å²) in [4.78, 5) is 0. The predicted octanol–water partition coefficient (Wildman–Crippen LogP) is 4.00. The van der Waals surface area contributed by atoms with Crippen LogP contribution in [-0.4, -0.2) is 6.54 Å². The van der Waals surface area contributed by atoms with Gasteiger partial charge in [-0.15, -0.1) is 0 Å². The number of hydrogen-bond donors (Lipinski definition) is 1. The average molecular weight is 237 g/mol. The highest BCUT2D eigenvalue weighted by Crippen LogP contribution is 2.32. The number of nitrogens with one attached hydrogen (secondary N) is 1. The SMILES string of the molecule is CCc1cccc2c1NCC(c1ccccc1)C2. The van der Waals surface area contributed by atoms with Crippen molar-refractivity contribution in [3.8, 4) is 0 Å². The van der Waals surface area contributed by atoms with Crippen LogP contribution in [0.5, 0.6) is 0 Å². The van der Waals surface area contributed by atoms with Crippen molar-refractivity contribution in [1.29, 1.82) is 0 Å². The number of para-hydroxylation sites is 1. The van der Waals surface area contributed by atoms with Gasteiger partial charge in [0.25, 0.3) is 0 Å². The Kier molecular flexibility index (Phi) is 3.06. The maximum atomic E-state index is 3.63. The minimum absolute atomic E-state index is 0.603. The molecule has 1 heteroatoms. The van der Waals surface area contributed by atoms with Gasteiger partial charge < -0.3 is 5.32 Å². The maximum absolute atomic E-state index is 3.63. The van der Waals surface area contributed by atoms with Crippen LogP contribution in [0.25, 0.3) is 0 Å². The fourth-order valence-corrected chi connectivity index (χ4v) is 2.87. The van der Waals surface area contributed by atoms with Crippen LogP contribution >= 0.6 is 0 Å². The van der Waals surface area contributed by atoms with E-state index in [1.807, 2.05) is 0 Å². The van der Waals surface area contributed by atoms with Gasteiger partial charge in [0, 0.05) is 18.2 Å². The van der Waals surface area contributed by atoms with Gasteiger partial charge in [-0.3, -0.25) is 0 Å². The van der Waals surface area contributed by atoms with E-state index in [2.05, 4.69) is 60.8 Å². The highest BCUT2D eigenvalue weighted by atomic mass is 14.9. The van der Waals surface area contributed by atoms with Crippen LogP contribution in [0.15, 0.2) is 48.5 Å². The lowest BCUT2D eigenvalue weighted by Crippen LogP contribution is -2.22. The predicted molar refractivity (Wildman–Crippen MR) is 77.2 cm³/mol. The minimum Gasteiger partial charge on any atom is -0.384 e. The fraction of sp³-hybridized carbons (Fsp3) is 0.294. The first-order valence-electron chi connectivity index (χ1n) is 6.78. The Bertz CT molecular complexity index is 531. The summed E-state index contributed by atoms with van der Waals surface area (Å²) < 4.78 is 0. The summed E-state index contributed by atoms with van der Waals surface area (Å²) >= 11 is 0. The second-order valence-corrected chi connectivity index (χ2v) is 5.00. The summed E-state index contributed by atoms with van der Waals surface area (Å²) in [5, 5.41) is 3.63. The van der Waals surface area contributed by atoms with E-state index >= 15 is 0 Å². The molecule has 1 aliphatic heterocycles. The Morgan fingerprint density at radius 1 is 1.06 bits per heavy atom. The molecule has 0 aliphatic carbocycles. The van der Waals surface area contributed by atoms with Crippen molar-refractivity contribution < 1.29 is 0 Å². The lowest BCUT2D eigenvalue weighted by atomic mass is 9.87. The number of aryl methyl sites for hydroxylation is 1. The molecule has 0 aromatic heterocycles. The van der Waals surface area contributed by atoms with Gasteiger partial charge in [0.2, 0.25) is 0 Å². The minimum atomic E-state index is 0.603. The molecule has 3 rings (SSSR count). The molecule has 0 saturated heterocycles. The molecule has 1 atom stereocenters. The average Bonchev–Trinajstić information content (AvgIpc) is 2.47. The second-order valence-electron chi connectivity index (χ2n) is 5.00. The summed E-state index contributed by atoms with van der Waals surface area (Å²) in [6.45, 7) is 3.27. The van der Waals surface area contributed by atoms with Crippen LogP contribution < -0.4 is 5.32 Å². The van der Waals surface area contributed by atoms with Crippen LogP contribution in [0.1, 0.15) is 29.5 Å². The van der Waals surface area contributed by atoms with E-state index in [0.717, 1.165) is 19.4 Å². The van der Waals surface area contributed by atoms with Gasteiger partial charge in [-0.1, -0.05) is 55.5 Å². The van der Waals surface area contributed by atoms with Gasteiger partial charge in [-0.05, 0) is 29.5 Å². The number of hydrogen-bond acceptors (Lipinski definition) is 1. The number of rotatable bonds is 2. The van der Waals surface area contributed by atoms with Crippen molar-refractivity contribution in [2.75, 3.05) is 11.9 Å². The molecule has 1 unspecified atom stereocenters. The zero-order valence-corrected chi connectivity index (χ0v) is 10.8. The van der Waals surface area contributed by atoms with Crippen LogP contribution in [-0.2, 0) is 12.8 Å². The van der Waals surface area contributed by atoms with E-state index in [1.54, 1.807) is 0 Å². The van der Waals surface area contributed by atoms with Gasteiger partial charge in [0.05, 0.1) is 0 Å². The van der Waals surface area contributed by atoms with Crippen molar-refractivity contribution in [3.05, 3.63) is 65.2 Å². The molecule has 1 heterocycles. The van der Waals surface area contributed by atoms with Crippen molar-refractivity contribution in [3.63, 3.8) is 0 Å². The number of fused-ring (bicyclic) bond motifs is 1. The van der Waals surface area contributed by atoms with E-state index in [0.29, 0.717) is 5.92 Å². The van der Waals surface area contributed by atoms with Crippen molar-refractivity contribution >= 4 is 5.69 Å². The van der Waals surface area contributed by atoms with E-state index in [9.17, 15) is 0 Å². The van der Waals surface area contributed by atoms with Crippen molar-refractivity contribution in [1.82, 2.24) is 0 Å². The molecule has 18 heavy (non-hydrogen) atoms.